The Kier molecular flexibility index (Phi) is 3.86. The fourth-order valence-electron chi connectivity index (χ4n) is 4.41. The first-order chi connectivity index (χ1) is 13.9. The van der Waals surface area contributed by atoms with Gasteiger partial charge in [-0.3, -0.25) is 19.0 Å². The second-order valence-electron chi connectivity index (χ2n) is 7.66. The molecule has 4 heterocycles. The zero-order valence-corrected chi connectivity index (χ0v) is 16.9. The van der Waals surface area contributed by atoms with Gasteiger partial charge in [-0.05, 0) is 57.2 Å². The quantitative estimate of drug-likeness (QED) is 0.644. The highest BCUT2D eigenvalue weighted by atomic mass is 32.1. The number of Topliss-reactive ketones (excluding diaryl/α,β-unsaturated/α-hetero) is 1. The first-order valence-electron chi connectivity index (χ1n) is 9.52. The van der Waals surface area contributed by atoms with Crippen molar-refractivity contribution >= 4 is 44.7 Å². The lowest BCUT2D eigenvalue weighted by Crippen LogP contribution is -2.45. The molecule has 2 aliphatic rings. The molecular weight excluding hydrogens is 390 g/mol. The molecule has 0 bridgehead atoms. The minimum atomic E-state index is -0.628. The van der Waals surface area contributed by atoms with E-state index in [0.717, 1.165) is 31.2 Å². The average Bonchev–Trinajstić information content (AvgIpc) is 3.38. The Morgan fingerprint density at radius 3 is 2.72 bits per heavy atom. The number of nitrogens with one attached hydrogen (secondary N) is 2. The van der Waals surface area contributed by atoms with Crippen LogP contribution in [-0.4, -0.2) is 26.2 Å². The Morgan fingerprint density at radius 1 is 1.24 bits per heavy atom. The molecule has 2 N–H and O–H groups in total. The van der Waals surface area contributed by atoms with Crippen LogP contribution in [0.1, 0.15) is 58.3 Å². The Morgan fingerprint density at radius 2 is 2.00 bits per heavy atom. The van der Waals surface area contributed by atoms with Gasteiger partial charge in [0.05, 0.1) is 10.3 Å². The number of pyridine rings is 1. The molecule has 0 saturated heterocycles. The van der Waals surface area contributed by atoms with Gasteiger partial charge in [-0.2, -0.15) is 0 Å². The third-order valence-electron chi connectivity index (χ3n) is 5.74. The molecule has 1 amide bonds. The molecule has 9 heteroatoms. The third kappa shape index (κ3) is 2.61. The fraction of sp³-hybridized carbons (Fsp3) is 0.350. The summed E-state index contributed by atoms with van der Waals surface area (Å²) in [6.45, 7) is 3.34. The van der Waals surface area contributed by atoms with E-state index >= 15 is 0 Å². The van der Waals surface area contributed by atoms with Crippen LogP contribution in [0.15, 0.2) is 23.3 Å². The Hall–Kier alpha value is -3.07. The molecule has 1 fully saturated rings. The van der Waals surface area contributed by atoms with E-state index in [1.54, 1.807) is 16.7 Å². The van der Waals surface area contributed by atoms with Crippen LogP contribution in [0.3, 0.4) is 0 Å². The van der Waals surface area contributed by atoms with Gasteiger partial charge >= 0.3 is 0 Å². The molecule has 0 atom stereocenters. The van der Waals surface area contributed by atoms with E-state index in [1.165, 1.54) is 24.6 Å². The molecule has 0 radical (unpaired) electrons. The lowest BCUT2D eigenvalue weighted by atomic mass is 10.1. The number of amides is 1. The molecule has 3 aromatic rings. The Labute approximate surface area is 170 Å². The van der Waals surface area contributed by atoms with E-state index in [1.807, 2.05) is 6.92 Å². The van der Waals surface area contributed by atoms with Crippen molar-refractivity contribution in [2.75, 3.05) is 5.32 Å². The predicted molar refractivity (Wildman–Crippen MR) is 110 cm³/mol. The molecule has 1 spiro atoms. The van der Waals surface area contributed by atoms with Crippen LogP contribution in [-0.2, 0) is 5.66 Å². The average molecular weight is 409 g/mol. The number of hydrogen-bond donors (Lipinski definition) is 2. The summed E-state index contributed by atoms with van der Waals surface area (Å²) < 4.78 is 1.63. The molecular formula is C20H19N5O3S. The van der Waals surface area contributed by atoms with Crippen LogP contribution in [0.4, 0.5) is 11.5 Å². The number of ketones is 1. The van der Waals surface area contributed by atoms with Crippen LogP contribution in [0, 0.1) is 6.92 Å². The Bertz CT molecular complexity index is 1250. The summed E-state index contributed by atoms with van der Waals surface area (Å²) in [4.78, 5) is 47.5. The standard InChI is InChI=1S/C20H19N5O3S/c1-10-7-13(19(28)25-15(10)17(27)24-20(25)5-3-4-6-20)23-16-12-8-14(11(2)26)29-18(12)22-9-21-16/h7-9H,3-6H2,1-2H3,(H,24,27)(H,21,22,23). The number of carbonyl (C=O) groups is 2. The molecule has 0 aromatic carbocycles. The van der Waals surface area contributed by atoms with Crippen molar-refractivity contribution in [1.82, 2.24) is 19.9 Å². The molecule has 1 aliphatic carbocycles. The summed E-state index contributed by atoms with van der Waals surface area (Å²) in [5.74, 6) is 0.232. The van der Waals surface area contributed by atoms with Crippen LogP contribution in [0.5, 0.6) is 0 Å². The number of fused-ring (bicyclic) bond motifs is 3. The zero-order valence-electron chi connectivity index (χ0n) is 16.0. The maximum Gasteiger partial charge on any atom is 0.276 e. The van der Waals surface area contributed by atoms with Gasteiger partial charge in [0, 0.05) is 0 Å². The first-order valence-corrected chi connectivity index (χ1v) is 10.3. The number of aromatic nitrogens is 3. The van der Waals surface area contributed by atoms with Crippen molar-refractivity contribution in [2.45, 2.75) is 45.2 Å². The third-order valence-corrected chi connectivity index (χ3v) is 6.88. The highest BCUT2D eigenvalue weighted by molar-refractivity contribution is 7.20. The molecule has 0 unspecified atom stereocenters. The molecule has 29 heavy (non-hydrogen) atoms. The number of nitrogens with zero attached hydrogens (tertiary/aromatic N) is 3. The number of rotatable bonds is 3. The topological polar surface area (TPSA) is 106 Å². The summed E-state index contributed by atoms with van der Waals surface area (Å²) in [5.41, 5.74) is 0.638. The van der Waals surface area contributed by atoms with Crippen LogP contribution in [0.25, 0.3) is 10.2 Å². The summed E-state index contributed by atoms with van der Waals surface area (Å²) in [6.07, 6.45) is 4.85. The molecule has 148 valence electrons. The second kappa shape index (κ2) is 6.21. The predicted octanol–water partition coefficient (Wildman–Crippen LogP) is 3.08. The van der Waals surface area contributed by atoms with Gasteiger partial charge in [0.25, 0.3) is 11.5 Å². The maximum atomic E-state index is 13.4. The fourth-order valence-corrected chi connectivity index (χ4v) is 5.31. The van der Waals surface area contributed by atoms with Crippen molar-refractivity contribution in [3.05, 3.63) is 44.9 Å². The highest BCUT2D eigenvalue weighted by Crippen LogP contribution is 2.39. The monoisotopic (exact) mass is 409 g/mol. The van der Waals surface area contributed by atoms with Gasteiger partial charge in [0.15, 0.2) is 5.78 Å². The van der Waals surface area contributed by atoms with E-state index in [9.17, 15) is 14.4 Å². The normalized spacial score (nSPS) is 17.0. The summed E-state index contributed by atoms with van der Waals surface area (Å²) >= 11 is 1.29. The van der Waals surface area contributed by atoms with E-state index in [0.29, 0.717) is 32.3 Å². The van der Waals surface area contributed by atoms with Gasteiger partial charge in [-0.25, -0.2) is 9.97 Å². The van der Waals surface area contributed by atoms with Crippen molar-refractivity contribution in [3.63, 3.8) is 0 Å². The SMILES string of the molecule is CC(=O)c1cc2c(Nc3cc(C)c4n(c3=O)C3(CCCC3)NC4=O)ncnc2s1. The van der Waals surface area contributed by atoms with Crippen molar-refractivity contribution in [2.24, 2.45) is 0 Å². The number of hydrogen-bond acceptors (Lipinski definition) is 7. The maximum absolute atomic E-state index is 13.4. The number of anilines is 2. The highest BCUT2D eigenvalue weighted by Gasteiger charge is 2.46. The van der Waals surface area contributed by atoms with Gasteiger partial charge in [-0.1, -0.05) is 0 Å². The van der Waals surface area contributed by atoms with Gasteiger partial charge < -0.3 is 10.6 Å². The smallest absolute Gasteiger partial charge is 0.276 e. The summed E-state index contributed by atoms with van der Waals surface area (Å²) in [6, 6.07) is 3.43. The van der Waals surface area contributed by atoms with Crippen LogP contribution < -0.4 is 16.2 Å². The molecule has 1 aliphatic heterocycles. The minimum Gasteiger partial charge on any atom is -0.335 e. The van der Waals surface area contributed by atoms with E-state index in [4.69, 9.17) is 0 Å². The van der Waals surface area contributed by atoms with Crippen molar-refractivity contribution < 1.29 is 9.59 Å². The largest absolute Gasteiger partial charge is 0.335 e. The van der Waals surface area contributed by atoms with Gasteiger partial charge in [-0.15, -0.1) is 11.3 Å². The van der Waals surface area contributed by atoms with E-state index in [2.05, 4.69) is 20.6 Å². The summed E-state index contributed by atoms with van der Waals surface area (Å²) in [7, 11) is 0. The van der Waals surface area contributed by atoms with E-state index in [-0.39, 0.29) is 17.2 Å². The second-order valence-corrected chi connectivity index (χ2v) is 8.69. The number of thiophene rings is 1. The molecule has 3 aromatic heterocycles. The van der Waals surface area contributed by atoms with E-state index < -0.39 is 5.66 Å². The van der Waals surface area contributed by atoms with Gasteiger partial charge in [0.2, 0.25) is 0 Å². The van der Waals surface area contributed by atoms with Crippen LogP contribution >= 0.6 is 11.3 Å². The minimum absolute atomic E-state index is 0.0415. The Balaban J connectivity index is 1.65. The van der Waals surface area contributed by atoms with Crippen molar-refractivity contribution in [3.8, 4) is 0 Å². The molecule has 5 rings (SSSR count). The molecule has 8 nitrogen and oxygen atoms in total. The van der Waals surface area contributed by atoms with Crippen LogP contribution in [0.2, 0.25) is 0 Å². The van der Waals surface area contributed by atoms with Gasteiger partial charge in [0.1, 0.15) is 34.0 Å². The zero-order chi connectivity index (χ0) is 20.3. The van der Waals surface area contributed by atoms with Crippen molar-refractivity contribution in [1.29, 1.82) is 0 Å². The first kappa shape index (κ1) is 18.0. The molecule has 1 saturated carbocycles. The summed E-state index contributed by atoms with van der Waals surface area (Å²) in [5, 5.41) is 6.87. The lowest BCUT2D eigenvalue weighted by Gasteiger charge is -2.26. The number of carbonyl (C=O) groups excluding carboxylic acids is 2. The lowest BCUT2D eigenvalue weighted by molar-refractivity contribution is 0.0919. The number of aryl methyl sites for hydroxylation is 1.